The third-order valence-electron chi connectivity index (χ3n) is 6.76. The lowest BCUT2D eigenvalue weighted by Crippen LogP contribution is -2.51. The summed E-state index contributed by atoms with van der Waals surface area (Å²) >= 11 is 0. The number of fused-ring (bicyclic) bond motifs is 2. The van der Waals surface area contributed by atoms with E-state index in [4.69, 9.17) is 4.74 Å². The average molecular weight is 471 g/mol. The van der Waals surface area contributed by atoms with Crippen LogP contribution in [0.4, 0.5) is 8.78 Å². The summed E-state index contributed by atoms with van der Waals surface area (Å²) in [7, 11) is 0. The minimum atomic E-state index is -0.852. The monoisotopic (exact) mass is 470 g/mol. The van der Waals surface area contributed by atoms with Crippen molar-refractivity contribution in [3.63, 3.8) is 0 Å². The molecule has 0 spiro atoms. The van der Waals surface area contributed by atoms with E-state index in [9.17, 15) is 18.4 Å². The van der Waals surface area contributed by atoms with Crippen LogP contribution in [0.1, 0.15) is 72.6 Å². The first-order chi connectivity index (χ1) is 16.5. The van der Waals surface area contributed by atoms with Gasteiger partial charge in [0, 0.05) is 19.6 Å². The Morgan fingerprint density at radius 1 is 0.971 bits per heavy atom. The Balaban J connectivity index is 1.72. The molecule has 34 heavy (non-hydrogen) atoms. The number of hydrogen-bond acceptors (Lipinski definition) is 3. The Morgan fingerprint density at radius 2 is 1.68 bits per heavy atom. The van der Waals surface area contributed by atoms with E-state index in [0.29, 0.717) is 56.6 Å². The summed E-state index contributed by atoms with van der Waals surface area (Å²) < 4.78 is 35.5. The molecule has 2 amide bonds. The molecule has 0 radical (unpaired) electrons. The molecule has 0 unspecified atom stereocenters. The zero-order chi connectivity index (χ0) is 24.1. The van der Waals surface area contributed by atoms with Crippen LogP contribution in [0.25, 0.3) is 0 Å². The summed E-state index contributed by atoms with van der Waals surface area (Å²) in [5.41, 5.74) is 0.000904. The van der Waals surface area contributed by atoms with Crippen LogP contribution in [0, 0.1) is 11.6 Å². The quantitative estimate of drug-likeness (QED) is 0.600. The second-order valence-corrected chi connectivity index (χ2v) is 9.10. The third-order valence-corrected chi connectivity index (χ3v) is 6.76. The standard InChI is InChI=1S/C27H32F2N2O3/c1-2-16-30-17-7-8-18-31(27(33)25-20(28)11-9-12-21(25)29)22-13-4-6-15-24(22)34-23-14-5-3-10-19(23)26(30)32/h3,5,9-12,14,22,24H,2,4,6-8,13,15-18H2,1H3/t22-,24+/m1/s1. The maximum absolute atomic E-state index is 14.5. The van der Waals surface area contributed by atoms with Crippen molar-refractivity contribution in [1.82, 2.24) is 9.80 Å². The molecule has 0 aromatic heterocycles. The van der Waals surface area contributed by atoms with Gasteiger partial charge in [0.2, 0.25) is 0 Å². The van der Waals surface area contributed by atoms with Gasteiger partial charge in [0.15, 0.2) is 0 Å². The van der Waals surface area contributed by atoms with E-state index in [2.05, 4.69) is 0 Å². The number of halogens is 2. The number of carbonyl (C=O) groups is 2. The molecular formula is C27H32F2N2O3. The van der Waals surface area contributed by atoms with Gasteiger partial charge in [0.1, 0.15) is 29.1 Å². The summed E-state index contributed by atoms with van der Waals surface area (Å²) in [6, 6.07) is 10.4. The fourth-order valence-electron chi connectivity index (χ4n) is 5.08. The fourth-order valence-corrected chi connectivity index (χ4v) is 5.08. The number of rotatable bonds is 3. The molecule has 2 aromatic rings. The van der Waals surface area contributed by atoms with Crippen molar-refractivity contribution in [3.05, 3.63) is 65.2 Å². The molecule has 182 valence electrons. The molecule has 2 aromatic carbocycles. The summed E-state index contributed by atoms with van der Waals surface area (Å²) in [6.07, 6.45) is 5.00. The zero-order valence-electron chi connectivity index (χ0n) is 19.6. The lowest BCUT2D eigenvalue weighted by Gasteiger charge is -2.40. The summed E-state index contributed by atoms with van der Waals surface area (Å²) in [4.78, 5) is 30.3. The van der Waals surface area contributed by atoms with Crippen LogP contribution in [-0.4, -0.2) is 53.4 Å². The highest BCUT2D eigenvalue weighted by molar-refractivity contribution is 5.97. The predicted molar refractivity (Wildman–Crippen MR) is 126 cm³/mol. The Kier molecular flexibility index (Phi) is 7.80. The van der Waals surface area contributed by atoms with Gasteiger partial charge in [-0.2, -0.15) is 0 Å². The molecule has 1 aliphatic carbocycles. The summed E-state index contributed by atoms with van der Waals surface area (Å²) in [5, 5.41) is 0. The van der Waals surface area contributed by atoms with Gasteiger partial charge >= 0.3 is 0 Å². The first-order valence-corrected chi connectivity index (χ1v) is 12.3. The maximum Gasteiger partial charge on any atom is 0.260 e. The largest absolute Gasteiger partial charge is 0.487 e. The molecule has 4 rings (SSSR count). The lowest BCUT2D eigenvalue weighted by atomic mass is 9.90. The van der Waals surface area contributed by atoms with E-state index in [1.54, 1.807) is 17.0 Å². The van der Waals surface area contributed by atoms with Crippen molar-refractivity contribution in [2.45, 2.75) is 64.0 Å². The van der Waals surface area contributed by atoms with Crippen molar-refractivity contribution in [2.24, 2.45) is 0 Å². The highest BCUT2D eigenvalue weighted by Gasteiger charge is 2.37. The minimum Gasteiger partial charge on any atom is -0.487 e. The highest BCUT2D eigenvalue weighted by Crippen LogP contribution is 2.32. The van der Waals surface area contributed by atoms with Crippen LogP contribution in [0.15, 0.2) is 42.5 Å². The van der Waals surface area contributed by atoms with Gasteiger partial charge < -0.3 is 14.5 Å². The van der Waals surface area contributed by atoms with Crippen LogP contribution in [-0.2, 0) is 0 Å². The van der Waals surface area contributed by atoms with Crippen molar-refractivity contribution < 1.29 is 23.1 Å². The molecule has 0 bridgehead atoms. The molecule has 1 heterocycles. The number of benzene rings is 2. The summed E-state index contributed by atoms with van der Waals surface area (Å²) in [6.45, 7) is 3.56. The Hall–Kier alpha value is -2.96. The molecule has 1 fully saturated rings. The second-order valence-electron chi connectivity index (χ2n) is 9.10. The van der Waals surface area contributed by atoms with E-state index in [1.165, 1.54) is 6.07 Å². The predicted octanol–water partition coefficient (Wildman–Crippen LogP) is 5.44. The molecule has 7 heteroatoms. The van der Waals surface area contributed by atoms with Crippen LogP contribution >= 0.6 is 0 Å². The Morgan fingerprint density at radius 3 is 2.44 bits per heavy atom. The average Bonchev–Trinajstić information content (AvgIpc) is 2.83. The minimum absolute atomic E-state index is 0.0493. The molecule has 1 aliphatic heterocycles. The number of carbonyl (C=O) groups excluding carboxylic acids is 2. The first-order valence-electron chi connectivity index (χ1n) is 12.3. The molecule has 2 atom stereocenters. The van der Waals surface area contributed by atoms with E-state index in [-0.39, 0.29) is 18.1 Å². The van der Waals surface area contributed by atoms with Crippen LogP contribution in [0.3, 0.4) is 0 Å². The van der Waals surface area contributed by atoms with Crippen LogP contribution in [0.5, 0.6) is 5.75 Å². The molecule has 5 nitrogen and oxygen atoms in total. The Bertz CT molecular complexity index is 1010. The van der Waals surface area contributed by atoms with Gasteiger partial charge in [-0.25, -0.2) is 8.78 Å². The normalized spacial score (nSPS) is 21.6. The van der Waals surface area contributed by atoms with Crippen molar-refractivity contribution in [2.75, 3.05) is 19.6 Å². The number of amides is 2. The number of para-hydroxylation sites is 1. The van der Waals surface area contributed by atoms with E-state index in [1.807, 2.05) is 24.0 Å². The fraction of sp³-hybridized carbons (Fsp3) is 0.481. The van der Waals surface area contributed by atoms with E-state index < -0.39 is 23.1 Å². The molecular weight excluding hydrogens is 438 g/mol. The van der Waals surface area contributed by atoms with Crippen molar-refractivity contribution in [3.8, 4) is 5.75 Å². The van der Waals surface area contributed by atoms with Crippen molar-refractivity contribution in [1.29, 1.82) is 0 Å². The Labute approximate surface area is 199 Å². The van der Waals surface area contributed by atoms with Gasteiger partial charge in [0.05, 0.1) is 11.6 Å². The van der Waals surface area contributed by atoms with E-state index in [0.717, 1.165) is 31.4 Å². The number of hydrogen-bond donors (Lipinski definition) is 0. The third kappa shape index (κ3) is 5.08. The highest BCUT2D eigenvalue weighted by atomic mass is 19.1. The maximum atomic E-state index is 14.5. The zero-order valence-corrected chi connectivity index (χ0v) is 19.6. The van der Waals surface area contributed by atoms with Gasteiger partial charge in [-0.1, -0.05) is 31.5 Å². The molecule has 0 N–H and O–H groups in total. The van der Waals surface area contributed by atoms with Gasteiger partial charge in [0.25, 0.3) is 11.8 Å². The molecule has 2 aliphatic rings. The first kappa shape index (κ1) is 24.2. The van der Waals surface area contributed by atoms with Crippen LogP contribution < -0.4 is 4.74 Å². The topological polar surface area (TPSA) is 49.9 Å². The molecule has 1 saturated carbocycles. The smallest absolute Gasteiger partial charge is 0.260 e. The number of nitrogens with zero attached hydrogens (tertiary/aromatic N) is 2. The molecule has 0 saturated heterocycles. The van der Waals surface area contributed by atoms with Gasteiger partial charge in [-0.15, -0.1) is 0 Å². The summed E-state index contributed by atoms with van der Waals surface area (Å²) in [5.74, 6) is -1.89. The van der Waals surface area contributed by atoms with Crippen molar-refractivity contribution >= 4 is 11.8 Å². The number of ether oxygens (including phenoxy) is 1. The lowest BCUT2D eigenvalue weighted by molar-refractivity contribution is 0.0252. The second kappa shape index (κ2) is 11.0. The van der Waals surface area contributed by atoms with Gasteiger partial charge in [-0.05, 0) is 62.8 Å². The van der Waals surface area contributed by atoms with Gasteiger partial charge in [-0.3, -0.25) is 9.59 Å². The van der Waals surface area contributed by atoms with E-state index >= 15 is 0 Å². The SMILES string of the molecule is CCCN1CCCCN(C(=O)c2c(F)cccc2F)[C@@H]2CCCC[C@@H]2Oc2ccccc2C1=O. The van der Waals surface area contributed by atoms with Crippen LogP contribution in [0.2, 0.25) is 0 Å².